The Labute approximate surface area is 144 Å². The van der Waals surface area contributed by atoms with Gasteiger partial charge in [0.05, 0.1) is 0 Å². The maximum Gasteiger partial charge on any atom is 0.0491 e. The van der Waals surface area contributed by atoms with E-state index in [1.807, 2.05) is 0 Å². The van der Waals surface area contributed by atoms with E-state index in [0.717, 1.165) is 39.0 Å². The minimum atomic E-state index is 0.272. The molecule has 3 heteroatoms. The van der Waals surface area contributed by atoms with Crippen LogP contribution in [0.4, 0.5) is 5.69 Å². The smallest absolute Gasteiger partial charge is 0.0491 e. The van der Waals surface area contributed by atoms with Gasteiger partial charge >= 0.3 is 0 Å². The second kappa shape index (κ2) is 6.96. The molecule has 126 valence electrons. The Hall–Kier alpha value is -1.84. The standard InChI is InChI=1S/C21H26N2O/c24-16-19-15-22(14-17-6-2-1-3-7-17)12-11-21(19)23-13-10-18-8-4-5-9-20(18)23/h1-9,19,21,24H,10-16H2/t19-,21-/m0/s1. The van der Waals surface area contributed by atoms with E-state index in [0.29, 0.717) is 12.0 Å². The van der Waals surface area contributed by atoms with Crippen molar-refractivity contribution < 1.29 is 5.11 Å². The monoisotopic (exact) mass is 322 g/mol. The van der Waals surface area contributed by atoms with Gasteiger partial charge in [0.1, 0.15) is 0 Å². The number of nitrogens with zero attached hydrogens (tertiary/aromatic N) is 2. The van der Waals surface area contributed by atoms with Gasteiger partial charge in [0, 0.05) is 50.4 Å². The lowest BCUT2D eigenvalue weighted by Crippen LogP contribution is -2.51. The zero-order valence-corrected chi connectivity index (χ0v) is 14.1. The molecular weight excluding hydrogens is 296 g/mol. The quantitative estimate of drug-likeness (QED) is 0.937. The second-order valence-corrected chi connectivity index (χ2v) is 7.09. The highest BCUT2D eigenvalue weighted by molar-refractivity contribution is 5.58. The average Bonchev–Trinajstić information content (AvgIpc) is 3.06. The molecular formula is C21H26N2O. The second-order valence-electron chi connectivity index (χ2n) is 7.09. The van der Waals surface area contributed by atoms with Gasteiger partial charge < -0.3 is 10.0 Å². The number of aliphatic hydroxyl groups is 1. The molecule has 0 unspecified atom stereocenters. The van der Waals surface area contributed by atoms with Crippen molar-refractivity contribution in [1.29, 1.82) is 0 Å². The fourth-order valence-corrected chi connectivity index (χ4v) is 4.38. The summed E-state index contributed by atoms with van der Waals surface area (Å²) in [5, 5.41) is 10.0. The van der Waals surface area contributed by atoms with Crippen LogP contribution < -0.4 is 4.90 Å². The normalized spacial score (nSPS) is 24.1. The summed E-state index contributed by atoms with van der Waals surface area (Å²) in [6, 6.07) is 19.9. The molecule has 0 saturated carbocycles. The van der Waals surface area contributed by atoms with Crippen molar-refractivity contribution >= 4 is 5.69 Å². The maximum atomic E-state index is 10.0. The van der Waals surface area contributed by atoms with Gasteiger partial charge in [0.2, 0.25) is 0 Å². The summed E-state index contributed by atoms with van der Waals surface area (Å²) in [4.78, 5) is 5.05. The number of rotatable bonds is 4. The highest BCUT2D eigenvalue weighted by Crippen LogP contribution is 2.34. The van der Waals surface area contributed by atoms with Crippen molar-refractivity contribution in [2.75, 3.05) is 31.1 Å². The Morgan fingerprint density at radius 3 is 2.58 bits per heavy atom. The van der Waals surface area contributed by atoms with Crippen molar-refractivity contribution in [3.05, 3.63) is 65.7 Å². The number of aliphatic hydroxyl groups excluding tert-OH is 1. The third kappa shape index (κ3) is 3.06. The van der Waals surface area contributed by atoms with Crippen molar-refractivity contribution in [2.24, 2.45) is 5.92 Å². The molecule has 1 N–H and O–H groups in total. The Bertz CT molecular complexity index is 673. The molecule has 0 aliphatic carbocycles. The topological polar surface area (TPSA) is 26.7 Å². The van der Waals surface area contributed by atoms with Crippen LogP contribution in [0.15, 0.2) is 54.6 Å². The number of hydrogen-bond acceptors (Lipinski definition) is 3. The van der Waals surface area contributed by atoms with E-state index in [1.165, 1.54) is 16.8 Å². The molecule has 0 amide bonds. The van der Waals surface area contributed by atoms with Crippen LogP contribution >= 0.6 is 0 Å². The van der Waals surface area contributed by atoms with Gasteiger partial charge in [-0.1, -0.05) is 48.5 Å². The molecule has 0 spiro atoms. The summed E-state index contributed by atoms with van der Waals surface area (Å²) in [5.41, 5.74) is 4.21. The first-order chi connectivity index (χ1) is 11.8. The molecule has 3 nitrogen and oxygen atoms in total. The molecule has 0 radical (unpaired) electrons. The number of piperidine rings is 1. The fraction of sp³-hybridized carbons (Fsp3) is 0.429. The van der Waals surface area contributed by atoms with E-state index >= 15 is 0 Å². The molecule has 2 aliphatic heterocycles. The Kier molecular flexibility index (Phi) is 4.54. The number of para-hydroxylation sites is 1. The molecule has 2 aliphatic rings. The third-order valence-electron chi connectivity index (χ3n) is 5.58. The molecule has 1 saturated heterocycles. The predicted molar refractivity (Wildman–Crippen MR) is 98.2 cm³/mol. The fourth-order valence-electron chi connectivity index (χ4n) is 4.38. The van der Waals surface area contributed by atoms with Gasteiger partial charge in [-0.15, -0.1) is 0 Å². The summed E-state index contributed by atoms with van der Waals surface area (Å²) in [6.45, 7) is 4.44. The van der Waals surface area contributed by atoms with E-state index in [9.17, 15) is 5.11 Å². The van der Waals surface area contributed by atoms with Crippen molar-refractivity contribution in [3.8, 4) is 0 Å². The summed E-state index contributed by atoms with van der Waals surface area (Å²) < 4.78 is 0. The van der Waals surface area contributed by atoms with Gasteiger partial charge in [-0.3, -0.25) is 4.90 Å². The zero-order valence-electron chi connectivity index (χ0n) is 14.1. The van der Waals surface area contributed by atoms with Crippen LogP contribution in [0.25, 0.3) is 0 Å². The van der Waals surface area contributed by atoms with Crippen LogP contribution in [0.5, 0.6) is 0 Å². The molecule has 2 aromatic rings. The molecule has 0 aromatic heterocycles. The van der Waals surface area contributed by atoms with Crippen LogP contribution in [0.2, 0.25) is 0 Å². The Morgan fingerprint density at radius 1 is 0.958 bits per heavy atom. The van der Waals surface area contributed by atoms with Crippen molar-refractivity contribution in [2.45, 2.75) is 25.4 Å². The van der Waals surface area contributed by atoms with Crippen molar-refractivity contribution in [1.82, 2.24) is 4.90 Å². The number of anilines is 1. The van der Waals surface area contributed by atoms with E-state index in [2.05, 4.69) is 64.4 Å². The lowest BCUT2D eigenvalue weighted by atomic mass is 9.91. The van der Waals surface area contributed by atoms with Crippen LogP contribution in [0.3, 0.4) is 0 Å². The summed E-state index contributed by atoms with van der Waals surface area (Å²) in [6.07, 6.45) is 2.27. The molecule has 4 rings (SSSR count). The number of likely N-dealkylation sites (tertiary alicyclic amines) is 1. The Morgan fingerprint density at radius 2 is 1.75 bits per heavy atom. The SMILES string of the molecule is OC[C@@H]1CN(Cc2ccccc2)CC[C@@H]1N1CCc2ccccc21. The largest absolute Gasteiger partial charge is 0.396 e. The summed E-state index contributed by atoms with van der Waals surface area (Å²) in [7, 11) is 0. The molecule has 0 bridgehead atoms. The highest BCUT2D eigenvalue weighted by atomic mass is 16.3. The predicted octanol–water partition coefficient (Wildman–Crippen LogP) is 2.93. The van der Waals surface area contributed by atoms with Gasteiger partial charge in [-0.25, -0.2) is 0 Å². The molecule has 2 heterocycles. The zero-order chi connectivity index (χ0) is 16.4. The van der Waals surface area contributed by atoms with Crippen LogP contribution in [0, 0.1) is 5.92 Å². The van der Waals surface area contributed by atoms with E-state index in [4.69, 9.17) is 0 Å². The van der Waals surface area contributed by atoms with Gasteiger partial charge in [0.15, 0.2) is 0 Å². The minimum Gasteiger partial charge on any atom is -0.396 e. The number of benzene rings is 2. The van der Waals surface area contributed by atoms with Gasteiger partial charge in [0.25, 0.3) is 0 Å². The first-order valence-electron chi connectivity index (χ1n) is 9.07. The number of fused-ring (bicyclic) bond motifs is 1. The number of hydrogen-bond donors (Lipinski definition) is 1. The van der Waals surface area contributed by atoms with Crippen LogP contribution in [-0.2, 0) is 13.0 Å². The third-order valence-corrected chi connectivity index (χ3v) is 5.58. The lowest BCUT2D eigenvalue weighted by Gasteiger charge is -2.43. The molecule has 24 heavy (non-hydrogen) atoms. The van der Waals surface area contributed by atoms with Gasteiger partial charge in [-0.05, 0) is 30.0 Å². The van der Waals surface area contributed by atoms with E-state index in [1.54, 1.807) is 0 Å². The average molecular weight is 322 g/mol. The summed E-state index contributed by atoms with van der Waals surface area (Å²) in [5.74, 6) is 0.327. The summed E-state index contributed by atoms with van der Waals surface area (Å²) >= 11 is 0. The molecule has 2 atom stereocenters. The molecule has 2 aromatic carbocycles. The van der Waals surface area contributed by atoms with Crippen LogP contribution in [0.1, 0.15) is 17.5 Å². The Balaban J connectivity index is 1.46. The van der Waals surface area contributed by atoms with Crippen LogP contribution in [-0.4, -0.2) is 42.3 Å². The first kappa shape index (κ1) is 15.7. The first-order valence-corrected chi connectivity index (χ1v) is 9.07. The molecule has 1 fully saturated rings. The van der Waals surface area contributed by atoms with Crippen molar-refractivity contribution in [3.63, 3.8) is 0 Å². The van der Waals surface area contributed by atoms with E-state index in [-0.39, 0.29) is 6.61 Å². The van der Waals surface area contributed by atoms with Gasteiger partial charge in [-0.2, -0.15) is 0 Å². The van der Waals surface area contributed by atoms with E-state index < -0.39 is 0 Å². The highest BCUT2D eigenvalue weighted by Gasteiger charge is 2.35. The lowest BCUT2D eigenvalue weighted by molar-refractivity contribution is 0.0963. The minimum absolute atomic E-state index is 0.272. The maximum absolute atomic E-state index is 10.0.